The number of hydrogen-bond acceptors (Lipinski definition) is 4. The van der Waals surface area contributed by atoms with Crippen LogP contribution in [-0.4, -0.2) is 17.0 Å². The van der Waals surface area contributed by atoms with Gasteiger partial charge in [0.1, 0.15) is 0 Å². The summed E-state index contributed by atoms with van der Waals surface area (Å²) in [6, 6.07) is 21.4. The molecule has 2 aliphatic heterocycles. The summed E-state index contributed by atoms with van der Waals surface area (Å²) in [7, 11) is 0. The minimum atomic E-state index is -4.59. The van der Waals surface area contributed by atoms with Crippen LogP contribution in [0.15, 0.2) is 88.8 Å². The maximum absolute atomic E-state index is 13.4. The molecule has 9 heteroatoms. The zero-order valence-electron chi connectivity index (χ0n) is 17.5. The molecule has 2 heterocycles. The first-order chi connectivity index (χ1) is 16.3. The van der Waals surface area contributed by atoms with Gasteiger partial charge in [-0.1, -0.05) is 60.7 Å². The van der Waals surface area contributed by atoms with Gasteiger partial charge in [0.2, 0.25) is 0 Å². The number of carbonyl (C=O) groups is 2. The van der Waals surface area contributed by atoms with Gasteiger partial charge in [0.05, 0.1) is 34.0 Å². The van der Waals surface area contributed by atoms with E-state index in [1.807, 2.05) is 30.3 Å². The topological polar surface area (TPSA) is 61.8 Å². The number of nitrogens with zero attached hydrogens (tertiary/aromatic N) is 2. The molecular weight excluding hydrogens is 463 g/mol. The maximum Gasteiger partial charge on any atom is 0.418 e. The number of benzene rings is 3. The molecule has 170 valence electrons. The van der Waals surface area contributed by atoms with E-state index in [4.69, 9.17) is 0 Å². The minimum absolute atomic E-state index is 0.0176. The number of halogens is 3. The van der Waals surface area contributed by atoms with Crippen molar-refractivity contribution >= 4 is 45.7 Å². The van der Waals surface area contributed by atoms with Gasteiger partial charge < -0.3 is 10.2 Å². The highest BCUT2D eigenvalue weighted by Crippen LogP contribution is 2.44. The lowest BCUT2D eigenvalue weighted by molar-refractivity contribution is -0.137. The van der Waals surface area contributed by atoms with Crippen molar-refractivity contribution in [1.29, 1.82) is 0 Å². The van der Waals surface area contributed by atoms with Gasteiger partial charge in [-0.15, -0.1) is 0 Å². The Labute approximate surface area is 197 Å². The van der Waals surface area contributed by atoms with Gasteiger partial charge in [0, 0.05) is 5.56 Å². The molecule has 0 saturated carbocycles. The second-order valence-electron chi connectivity index (χ2n) is 7.59. The van der Waals surface area contributed by atoms with Crippen LogP contribution >= 0.6 is 11.8 Å². The fraction of sp³-hybridized carbons (Fsp3) is 0.0800. The molecule has 5 rings (SSSR count). The summed E-state index contributed by atoms with van der Waals surface area (Å²) >= 11 is 0.860. The van der Waals surface area contributed by atoms with Crippen molar-refractivity contribution < 1.29 is 22.8 Å². The Morgan fingerprint density at radius 2 is 1.56 bits per heavy atom. The van der Waals surface area contributed by atoms with Gasteiger partial charge in [0.25, 0.3) is 11.8 Å². The number of fused-ring (bicyclic) bond motifs is 1. The summed E-state index contributed by atoms with van der Waals surface area (Å²) in [4.78, 5) is 32.0. The second-order valence-corrected chi connectivity index (χ2v) is 8.59. The predicted molar refractivity (Wildman–Crippen MR) is 125 cm³/mol. The standard InChI is InChI=1S/C25H16F3N3O2S/c26-25(27,28)17-11-5-6-12-18(17)29-24-30-22(32)21(34-24)20-16-10-4-7-13-19(16)31(23(20)33)14-15-8-2-1-3-9-15/h1-13H,14H2,(H,29,30,32)/b21-20-. The summed E-state index contributed by atoms with van der Waals surface area (Å²) in [5.41, 5.74) is 1.18. The van der Waals surface area contributed by atoms with Gasteiger partial charge in [0.15, 0.2) is 5.17 Å². The summed E-state index contributed by atoms with van der Waals surface area (Å²) in [6.07, 6.45) is -4.59. The summed E-state index contributed by atoms with van der Waals surface area (Å²) in [6.45, 7) is 0.319. The van der Waals surface area contributed by atoms with Crippen molar-refractivity contribution in [3.8, 4) is 0 Å². The average molecular weight is 479 g/mol. The molecule has 1 saturated heterocycles. The largest absolute Gasteiger partial charge is 0.418 e. The third kappa shape index (κ3) is 3.99. The van der Waals surface area contributed by atoms with Crippen LogP contribution in [0.2, 0.25) is 0 Å². The summed E-state index contributed by atoms with van der Waals surface area (Å²) in [5.74, 6) is -0.924. The number of amides is 2. The molecule has 3 aromatic rings. The number of hydrogen-bond donors (Lipinski definition) is 1. The van der Waals surface area contributed by atoms with Gasteiger partial charge in [-0.3, -0.25) is 9.59 Å². The van der Waals surface area contributed by atoms with E-state index in [2.05, 4.69) is 10.3 Å². The Morgan fingerprint density at radius 1 is 0.882 bits per heavy atom. The summed E-state index contributed by atoms with van der Waals surface area (Å²) in [5, 5.41) is 2.48. The van der Waals surface area contributed by atoms with Crippen molar-refractivity contribution in [2.45, 2.75) is 12.7 Å². The molecule has 5 nitrogen and oxygen atoms in total. The zero-order chi connectivity index (χ0) is 23.9. The lowest BCUT2D eigenvalue weighted by Gasteiger charge is -2.17. The highest BCUT2D eigenvalue weighted by atomic mass is 32.2. The van der Waals surface area contributed by atoms with Crippen LogP contribution < -0.4 is 10.2 Å². The highest BCUT2D eigenvalue weighted by Gasteiger charge is 2.40. The molecular formula is C25H16F3N3O2S. The van der Waals surface area contributed by atoms with E-state index in [9.17, 15) is 22.8 Å². The average Bonchev–Trinajstić information content (AvgIpc) is 3.30. The Balaban J connectivity index is 1.53. The fourth-order valence-corrected chi connectivity index (χ4v) is 4.80. The second kappa shape index (κ2) is 8.49. The molecule has 2 amide bonds. The molecule has 2 aliphatic rings. The SMILES string of the molecule is O=C1NC(=Nc2ccccc2C(F)(F)F)S/C1=C1\C(=O)N(Cc2ccccc2)c2ccccc21. The van der Waals surface area contributed by atoms with Gasteiger partial charge in [-0.25, -0.2) is 4.99 Å². The third-order valence-electron chi connectivity index (χ3n) is 5.39. The van der Waals surface area contributed by atoms with E-state index in [0.29, 0.717) is 17.8 Å². The molecule has 0 aliphatic carbocycles. The molecule has 34 heavy (non-hydrogen) atoms. The third-order valence-corrected chi connectivity index (χ3v) is 6.37. The molecule has 0 radical (unpaired) electrons. The molecule has 3 aromatic carbocycles. The molecule has 1 fully saturated rings. The van der Waals surface area contributed by atoms with E-state index in [-0.39, 0.29) is 27.2 Å². The maximum atomic E-state index is 13.4. The van der Waals surface area contributed by atoms with Gasteiger partial charge in [-0.05, 0) is 35.5 Å². The molecule has 0 unspecified atom stereocenters. The Kier molecular flexibility index (Phi) is 5.49. The number of carbonyl (C=O) groups excluding carboxylic acids is 2. The zero-order valence-corrected chi connectivity index (χ0v) is 18.3. The number of amidine groups is 1. The van der Waals surface area contributed by atoms with Gasteiger partial charge in [-0.2, -0.15) is 13.2 Å². The normalized spacial score (nSPS) is 19.0. The number of rotatable bonds is 3. The molecule has 0 bridgehead atoms. The number of anilines is 1. The lowest BCUT2D eigenvalue weighted by Crippen LogP contribution is -2.26. The monoisotopic (exact) mass is 479 g/mol. The number of thioether (sulfide) groups is 1. The van der Waals surface area contributed by atoms with E-state index < -0.39 is 17.6 Å². The molecule has 1 N–H and O–H groups in total. The molecule has 0 aromatic heterocycles. The highest BCUT2D eigenvalue weighted by molar-refractivity contribution is 8.18. The fourth-order valence-electron chi connectivity index (χ4n) is 3.88. The Bertz CT molecular complexity index is 1370. The van der Waals surface area contributed by atoms with Crippen molar-refractivity contribution in [2.75, 3.05) is 4.90 Å². The van der Waals surface area contributed by atoms with Crippen LogP contribution in [0.3, 0.4) is 0 Å². The predicted octanol–water partition coefficient (Wildman–Crippen LogP) is 5.51. The Hall–Kier alpha value is -3.85. The number of alkyl halides is 3. The van der Waals surface area contributed by atoms with Crippen molar-refractivity contribution in [3.05, 3.63) is 100 Å². The van der Waals surface area contributed by atoms with Crippen molar-refractivity contribution in [3.63, 3.8) is 0 Å². The first-order valence-electron chi connectivity index (χ1n) is 10.3. The van der Waals surface area contributed by atoms with Crippen molar-refractivity contribution in [1.82, 2.24) is 5.32 Å². The number of nitrogens with one attached hydrogen (secondary N) is 1. The first kappa shape index (κ1) is 22.0. The summed E-state index contributed by atoms with van der Waals surface area (Å²) < 4.78 is 40.0. The first-order valence-corrected chi connectivity index (χ1v) is 11.1. The quantitative estimate of drug-likeness (QED) is 0.504. The number of para-hydroxylation sites is 2. The number of aliphatic imine (C=N–C) groups is 1. The van der Waals surface area contributed by atoms with Crippen LogP contribution in [0.25, 0.3) is 5.57 Å². The van der Waals surface area contributed by atoms with Crippen LogP contribution in [0.4, 0.5) is 24.5 Å². The molecule has 0 atom stereocenters. The van der Waals surface area contributed by atoms with E-state index in [0.717, 1.165) is 23.4 Å². The lowest BCUT2D eigenvalue weighted by atomic mass is 10.1. The van der Waals surface area contributed by atoms with Crippen LogP contribution in [0.1, 0.15) is 16.7 Å². The minimum Gasteiger partial charge on any atom is -0.303 e. The van der Waals surface area contributed by atoms with E-state index in [1.54, 1.807) is 29.2 Å². The Morgan fingerprint density at radius 3 is 2.32 bits per heavy atom. The van der Waals surface area contributed by atoms with Crippen LogP contribution in [0, 0.1) is 0 Å². The van der Waals surface area contributed by atoms with E-state index in [1.165, 1.54) is 18.2 Å². The van der Waals surface area contributed by atoms with Crippen LogP contribution in [0.5, 0.6) is 0 Å². The van der Waals surface area contributed by atoms with E-state index >= 15 is 0 Å². The van der Waals surface area contributed by atoms with Crippen LogP contribution in [-0.2, 0) is 22.3 Å². The molecule has 0 spiro atoms. The van der Waals surface area contributed by atoms with Crippen molar-refractivity contribution in [2.24, 2.45) is 4.99 Å². The smallest absolute Gasteiger partial charge is 0.303 e. The van der Waals surface area contributed by atoms with Gasteiger partial charge >= 0.3 is 6.18 Å².